The average molecular weight is 355 g/mol. The average Bonchev–Trinajstić information content (AvgIpc) is 2.43. The molecule has 0 saturated heterocycles. The molecule has 0 aliphatic heterocycles. The van der Waals surface area contributed by atoms with Gasteiger partial charge in [0.1, 0.15) is 0 Å². The summed E-state index contributed by atoms with van der Waals surface area (Å²) in [6.07, 6.45) is 0. The molecule has 2 atom stereocenters. The van der Waals surface area contributed by atoms with Gasteiger partial charge in [-0.15, -0.1) is 0 Å². The van der Waals surface area contributed by atoms with Crippen molar-refractivity contribution in [1.29, 1.82) is 0 Å². The molecule has 0 radical (unpaired) electrons. The van der Waals surface area contributed by atoms with Crippen LogP contribution in [0.2, 0.25) is 5.02 Å². The van der Waals surface area contributed by atoms with E-state index in [0.29, 0.717) is 5.02 Å². The second-order valence-electron chi connectivity index (χ2n) is 4.58. The Bertz CT molecular complexity index is 616. The van der Waals surface area contributed by atoms with E-state index in [1.807, 2.05) is 42.5 Å². The summed E-state index contributed by atoms with van der Waals surface area (Å²) in [5.41, 5.74) is 1.66. The molecule has 0 amide bonds. The normalized spacial score (nSPS) is 13.8. The Morgan fingerprint density at radius 2 is 1.75 bits per heavy atom. The molecular formula is C15H13BrClNO2. The van der Waals surface area contributed by atoms with Crippen LogP contribution in [0.4, 0.5) is 0 Å². The van der Waals surface area contributed by atoms with Crippen LogP contribution in [-0.4, -0.2) is 11.0 Å². The summed E-state index contributed by atoms with van der Waals surface area (Å²) >= 11 is 9.59. The molecule has 0 spiro atoms. The number of rotatable bonds is 4. The van der Waals surface area contributed by atoms with Crippen LogP contribution in [0.5, 0.6) is 0 Å². The van der Waals surface area contributed by atoms with Crippen LogP contribution < -0.4 is 0 Å². The second-order valence-corrected chi connectivity index (χ2v) is 5.90. The molecular weight excluding hydrogens is 342 g/mol. The van der Waals surface area contributed by atoms with E-state index >= 15 is 0 Å². The topological polar surface area (TPSA) is 43.1 Å². The number of nitro groups is 1. The van der Waals surface area contributed by atoms with Crippen LogP contribution in [0.25, 0.3) is 0 Å². The molecule has 0 saturated carbocycles. The first kappa shape index (κ1) is 15.0. The largest absolute Gasteiger partial charge is 0.264 e. The molecule has 0 aromatic heterocycles. The SMILES string of the molecule is CC(C(c1ccc(Br)cc1)c1ccccc1Cl)[N+](=O)[O-]. The third-order valence-electron chi connectivity index (χ3n) is 3.28. The number of nitrogens with zero attached hydrogens (tertiary/aromatic N) is 1. The maximum absolute atomic E-state index is 11.2. The standard InChI is InChI=1S/C15H13BrClNO2/c1-10(18(19)20)15(11-6-8-12(16)9-7-11)13-4-2-3-5-14(13)17/h2-10,15H,1H3. The van der Waals surface area contributed by atoms with Crippen LogP contribution in [0.15, 0.2) is 53.0 Å². The van der Waals surface area contributed by atoms with Gasteiger partial charge in [0.05, 0.1) is 5.92 Å². The van der Waals surface area contributed by atoms with E-state index in [4.69, 9.17) is 11.6 Å². The van der Waals surface area contributed by atoms with Crippen molar-refractivity contribution in [3.05, 3.63) is 79.3 Å². The summed E-state index contributed by atoms with van der Waals surface area (Å²) in [7, 11) is 0. The molecule has 0 heterocycles. The van der Waals surface area contributed by atoms with Gasteiger partial charge in [-0.05, 0) is 29.3 Å². The van der Waals surface area contributed by atoms with E-state index in [1.54, 1.807) is 13.0 Å². The van der Waals surface area contributed by atoms with E-state index in [-0.39, 0.29) is 10.8 Å². The fraction of sp³-hybridized carbons (Fsp3) is 0.200. The molecule has 0 N–H and O–H groups in total. The zero-order valence-electron chi connectivity index (χ0n) is 10.8. The van der Waals surface area contributed by atoms with Crippen molar-refractivity contribution in [1.82, 2.24) is 0 Å². The van der Waals surface area contributed by atoms with Crippen molar-refractivity contribution in [2.75, 3.05) is 0 Å². The highest BCUT2D eigenvalue weighted by molar-refractivity contribution is 9.10. The Kier molecular flexibility index (Phi) is 4.78. The van der Waals surface area contributed by atoms with E-state index in [2.05, 4.69) is 15.9 Å². The van der Waals surface area contributed by atoms with Crippen molar-refractivity contribution in [2.45, 2.75) is 18.9 Å². The predicted octanol–water partition coefficient (Wildman–Crippen LogP) is 4.90. The van der Waals surface area contributed by atoms with Gasteiger partial charge < -0.3 is 0 Å². The predicted molar refractivity (Wildman–Crippen MR) is 83.9 cm³/mol. The molecule has 0 aliphatic rings. The van der Waals surface area contributed by atoms with E-state index in [9.17, 15) is 10.1 Å². The van der Waals surface area contributed by atoms with Crippen molar-refractivity contribution < 1.29 is 4.92 Å². The summed E-state index contributed by atoms with van der Waals surface area (Å²) in [6.45, 7) is 1.61. The van der Waals surface area contributed by atoms with Gasteiger partial charge in [0.15, 0.2) is 0 Å². The van der Waals surface area contributed by atoms with Crippen molar-refractivity contribution >= 4 is 27.5 Å². The van der Waals surface area contributed by atoms with Crippen LogP contribution in [-0.2, 0) is 0 Å². The molecule has 3 nitrogen and oxygen atoms in total. The molecule has 5 heteroatoms. The Morgan fingerprint density at radius 3 is 2.30 bits per heavy atom. The first-order valence-corrected chi connectivity index (χ1v) is 7.31. The minimum atomic E-state index is -0.754. The minimum absolute atomic E-state index is 0.268. The minimum Gasteiger partial charge on any atom is -0.264 e. The lowest BCUT2D eigenvalue weighted by Gasteiger charge is -2.20. The molecule has 2 rings (SSSR count). The second kappa shape index (κ2) is 6.37. The van der Waals surface area contributed by atoms with Crippen molar-refractivity contribution in [3.63, 3.8) is 0 Å². The first-order chi connectivity index (χ1) is 9.50. The monoisotopic (exact) mass is 353 g/mol. The molecule has 0 bridgehead atoms. The smallest absolute Gasteiger partial charge is 0.221 e. The Labute approximate surface area is 130 Å². The van der Waals surface area contributed by atoms with Crippen LogP contribution in [0.3, 0.4) is 0 Å². The zero-order valence-corrected chi connectivity index (χ0v) is 13.1. The fourth-order valence-corrected chi connectivity index (χ4v) is 2.75. The lowest BCUT2D eigenvalue weighted by Crippen LogP contribution is -2.25. The van der Waals surface area contributed by atoms with Gasteiger partial charge in [-0.1, -0.05) is 57.9 Å². The van der Waals surface area contributed by atoms with Gasteiger partial charge in [-0.25, -0.2) is 0 Å². The lowest BCUT2D eigenvalue weighted by molar-refractivity contribution is -0.520. The highest BCUT2D eigenvalue weighted by Gasteiger charge is 2.31. The Morgan fingerprint density at radius 1 is 1.15 bits per heavy atom. The molecule has 2 unspecified atom stereocenters. The molecule has 0 aliphatic carbocycles. The summed E-state index contributed by atoms with van der Waals surface area (Å²) in [5.74, 6) is -0.369. The maximum atomic E-state index is 11.2. The highest BCUT2D eigenvalue weighted by Crippen LogP contribution is 2.34. The van der Waals surface area contributed by atoms with E-state index in [1.165, 1.54) is 0 Å². The highest BCUT2D eigenvalue weighted by atomic mass is 79.9. The number of hydrogen-bond donors (Lipinski definition) is 0. The lowest BCUT2D eigenvalue weighted by atomic mass is 9.86. The van der Waals surface area contributed by atoms with Gasteiger partial charge in [-0.2, -0.15) is 0 Å². The molecule has 0 fully saturated rings. The molecule has 104 valence electrons. The Hall–Kier alpha value is -1.39. The summed E-state index contributed by atoms with van der Waals surface area (Å²) in [5, 5.41) is 11.8. The summed E-state index contributed by atoms with van der Waals surface area (Å²) < 4.78 is 0.938. The van der Waals surface area contributed by atoms with Crippen LogP contribution in [0.1, 0.15) is 24.0 Å². The quantitative estimate of drug-likeness (QED) is 0.579. The molecule has 2 aromatic carbocycles. The number of hydrogen-bond acceptors (Lipinski definition) is 2. The van der Waals surface area contributed by atoms with Crippen LogP contribution >= 0.6 is 27.5 Å². The van der Waals surface area contributed by atoms with Gasteiger partial charge in [0.2, 0.25) is 6.04 Å². The zero-order chi connectivity index (χ0) is 14.7. The summed E-state index contributed by atoms with van der Waals surface area (Å²) in [4.78, 5) is 11.0. The molecule has 20 heavy (non-hydrogen) atoms. The summed E-state index contributed by atoms with van der Waals surface area (Å²) in [6, 6.07) is 14.1. The van der Waals surface area contributed by atoms with Crippen LogP contribution in [0, 0.1) is 10.1 Å². The third-order valence-corrected chi connectivity index (χ3v) is 4.16. The van der Waals surface area contributed by atoms with E-state index in [0.717, 1.165) is 15.6 Å². The number of benzene rings is 2. The third kappa shape index (κ3) is 3.19. The van der Waals surface area contributed by atoms with Crippen molar-refractivity contribution in [2.24, 2.45) is 0 Å². The first-order valence-electron chi connectivity index (χ1n) is 6.14. The number of halogens is 2. The van der Waals surface area contributed by atoms with Gasteiger partial charge in [-0.3, -0.25) is 10.1 Å². The van der Waals surface area contributed by atoms with Gasteiger partial charge in [0.25, 0.3) is 0 Å². The Balaban J connectivity index is 2.53. The fourth-order valence-electron chi connectivity index (χ4n) is 2.24. The molecule has 2 aromatic rings. The maximum Gasteiger partial charge on any atom is 0.221 e. The van der Waals surface area contributed by atoms with Crippen molar-refractivity contribution in [3.8, 4) is 0 Å². The van der Waals surface area contributed by atoms with Gasteiger partial charge >= 0.3 is 0 Å². The van der Waals surface area contributed by atoms with E-state index < -0.39 is 6.04 Å². The van der Waals surface area contributed by atoms with Gasteiger partial charge in [0, 0.05) is 21.3 Å².